The number of anilines is 1. The number of imidazole rings is 1. The van der Waals surface area contributed by atoms with Crippen LogP contribution in [-0.4, -0.2) is 21.5 Å². The van der Waals surface area contributed by atoms with Crippen molar-refractivity contribution in [3.05, 3.63) is 47.9 Å². The molecule has 1 aromatic carbocycles. The van der Waals surface area contributed by atoms with Crippen molar-refractivity contribution < 1.29 is 4.74 Å². The molecule has 20 heavy (non-hydrogen) atoms. The van der Waals surface area contributed by atoms with E-state index in [1.807, 2.05) is 29.6 Å². The Balaban J connectivity index is 1.60. The molecule has 100 valence electrons. The molecule has 0 bridgehead atoms. The Labute approximate surface area is 119 Å². The van der Waals surface area contributed by atoms with Gasteiger partial charge < -0.3 is 15.0 Å². The van der Waals surface area contributed by atoms with E-state index < -0.39 is 0 Å². The topological polar surface area (TPSA) is 62.8 Å². The van der Waals surface area contributed by atoms with E-state index in [4.69, 9.17) is 4.74 Å². The molecule has 1 unspecified atom stereocenters. The van der Waals surface area contributed by atoms with Gasteiger partial charge in [0.1, 0.15) is 16.6 Å². The normalized spacial score (nSPS) is 17.1. The quantitative estimate of drug-likeness (QED) is 0.759. The lowest BCUT2D eigenvalue weighted by atomic mass is 10.2. The number of nitrogens with zero attached hydrogens (tertiary/aromatic N) is 2. The number of fused-ring (bicyclic) bond motifs is 1. The van der Waals surface area contributed by atoms with Crippen LogP contribution in [0, 0.1) is 0 Å². The average molecular weight is 284 g/mol. The van der Waals surface area contributed by atoms with Crippen LogP contribution < -0.4 is 10.1 Å². The van der Waals surface area contributed by atoms with E-state index in [0.29, 0.717) is 6.54 Å². The Hall–Kier alpha value is -2.34. The highest BCUT2D eigenvalue weighted by Crippen LogP contribution is 2.33. The highest BCUT2D eigenvalue weighted by atomic mass is 32.1. The van der Waals surface area contributed by atoms with Crippen LogP contribution in [-0.2, 0) is 0 Å². The highest BCUT2D eigenvalue weighted by molar-refractivity contribution is 7.13. The summed E-state index contributed by atoms with van der Waals surface area (Å²) in [6.07, 6.45) is 3.48. The fraction of sp³-hybridized carbons (Fsp3) is 0.143. The largest absolute Gasteiger partial charge is 0.478 e. The number of aromatic amines is 1. The summed E-state index contributed by atoms with van der Waals surface area (Å²) in [7, 11) is 0. The maximum Gasteiger partial charge on any atom is 0.173 e. The van der Waals surface area contributed by atoms with Gasteiger partial charge in [-0.25, -0.2) is 9.97 Å². The molecule has 1 aliphatic heterocycles. The van der Waals surface area contributed by atoms with Crippen molar-refractivity contribution >= 4 is 17.0 Å². The van der Waals surface area contributed by atoms with Gasteiger partial charge in [-0.2, -0.15) is 0 Å². The summed E-state index contributed by atoms with van der Waals surface area (Å²) >= 11 is 1.59. The second kappa shape index (κ2) is 4.64. The molecule has 3 aromatic rings. The molecule has 0 aliphatic carbocycles. The Kier molecular flexibility index (Phi) is 2.67. The highest BCUT2D eigenvalue weighted by Gasteiger charge is 2.23. The van der Waals surface area contributed by atoms with Crippen molar-refractivity contribution in [1.82, 2.24) is 15.0 Å². The van der Waals surface area contributed by atoms with Gasteiger partial charge in [-0.15, -0.1) is 11.3 Å². The lowest BCUT2D eigenvalue weighted by molar-refractivity contribution is 0.201. The Bertz CT molecular complexity index is 722. The fourth-order valence-electron chi connectivity index (χ4n) is 2.23. The summed E-state index contributed by atoms with van der Waals surface area (Å²) in [5, 5.41) is 6.24. The van der Waals surface area contributed by atoms with Gasteiger partial charge in [0, 0.05) is 11.6 Å². The molecule has 3 heterocycles. The molecule has 0 radical (unpaired) electrons. The molecule has 1 aliphatic rings. The van der Waals surface area contributed by atoms with Crippen LogP contribution in [0.1, 0.15) is 11.9 Å². The summed E-state index contributed by atoms with van der Waals surface area (Å²) in [6, 6.07) is 7.92. The van der Waals surface area contributed by atoms with Gasteiger partial charge in [-0.05, 0) is 12.1 Å². The molecule has 0 amide bonds. The van der Waals surface area contributed by atoms with Gasteiger partial charge in [0.15, 0.2) is 6.10 Å². The fourth-order valence-corrected chi connectivity index (χ4v) is 2.83. The third-order valence-electron chi connectivity index (χ3n) is 3.20. The zero-order valence-corrected chi connectivity index (χ0v) is 11.4. The minimum Gasteiger partial charge on any atom is -0.478 e. The number of nitrogens with one attached hydrogen (secondary N) is 2. The summed E-state index contributed by atoms with van der Waals surface area (Å²) in [5.74, 6) is 1.67. The van der Waals surface area contributed by atoms with Crippen LogP contribution in [0.15, 0.2) is 42.0 Å². The third-order valence-corrected chi connectivity index (χ3v) is 4.00. The van der Waals surface area contributed by atoms with E-state index >= 15 is 0 Å². The van der Waals surface area contributed by atoms with Gasteiger partial charge in [-0.1, -0.05) is 12.1 Å². The van der Waals surface area contributed by atoms with E-state index in [1.54, 1.807) is 23.7 Å². The maximum absolute atomic E-state index is 5.98. The molecule has 0 saturated carbocycles. The Morgan fingerprint density at radius 1 is 1.25 bits per heavy atom. The molecule has 2 N–H and O–H groups in total. The third kappa shape index (κ3) is 1.94. The molecule has 2 aromatic heterocycles. The number of thiazole rings is 1. The summed E-state index contributed by atoms with van der Waals surface area (Å²) in [6.45, 7) is 0.696. The van der Waals surface area contributed by atoms with Gasteiger partial charge in [0.05, 0.1) is 24.1 Å². The Morgan fingerprint density at radius 2 is 2.20 bits per heavy atom. The minimum absolute atomic E-state index is 0.112. The van der Waals surface area contributed by atoms with Crippen LogP contribution in [0.5, 0.6) is 5.75 Å². The first-order chi connectivity index (χ1) is 9.90. The maximum atomic E-state index is 5.98. The molecular formula is C14H12N4OS. The molecule has 4 rings (SSSR count). The van der Waals surface area contributed by atoms with Crippen molar-refractivity contribution in [3.63, 3.8) is 0 Å². The molecular weight excluding hydrogens is 272 g/mol. The SMILES string of the molecule is c1ccc2c(c1)NCC(c1ncc(-c3nccs3)[nH]1)O2. The van der Waals surface area contributed by atoms with Crippen LogP contribution in [0.3, 0.4) is 0 Å². The standard InChI is InChI=1S/C14H12N4OS/c1-2-4-11-9(3-1)16-8-12(19-11)13-17-7-10(18-13)14-15-5-6-20-14/h1-7,12,16H,8H2,(H,17,18). The molecule has 0 spiro atoms. The van der Waals surface area contributed by atoms with Crippen molar-refractivity contribution in [2.45, 2.75) is 6.10 Å². The van der Waals surface area contributed by atoms with E-state index in [9.17, 15) is 0 Å². The second-order valence-corrected chi connectivity index (χ2v) is 5.40. The number of hydrogen-bond donors (Lipinski definition) is 2. The van der Waals surface area contributed by atoms with Crippen molar-refractivity contribution in [2.75, 3.05) is 11.9 Å². The monoisotopic (exact) mass is 284 g/mol. The van der Waals surface area contributed by atoms with Crippen molar-refractivity contribution in [1.29, 1.82) is 0 Å². The number of para-hydroxylation sites is 2. The average Bonchev–Trinajstić information content (AvgIpc) is 3.17. The number of H-pyrrole nitrogens is 1. The number of rotatable bonds is 2. The molecule has 0 saturated heterocycles. The molecule has 0 fully saturated rings. The first kappa shape index (κ1) is 11.5. The summed E-state index contributed by atoms with van der Waals surface area (Å²) in [4.78, 5) is 12.0. The van der Waals surface area contributed by atoms with E-state index in [-0.39, 0.29) is 6.10 Å². The van der Waals surface area contributed by atoms with Gasteiger partial charge in [0.2, 0.25) is 0 Å². The lowest BCUT2D eigenvalue weighted by Crippen LogP contribution is -2.24. The summed E-state index contributed by atoms with van der Waals surface area (Å²) < 4.78 is 5.98. The zero-order valence-electron chi connectivity index (χ0n) is 10.5. The number of hydrogen-bond acceptors (Lipinski definition) is 5. The van der Waals surface area contributed by atoms with Crippen LogP contribution in [0.25, 0.3) is 10.7 Å². The van der Waals surface area contributed by atoms with Gasteiger partial charge in [0.25, 0.3) is 0 Å². The van der Waals surface area contributed by atoms with Gasteiger partial charge >= 0.3 is 0 Å². The molecule has 6 heteroatoms. The van der Waals surface area contributed by atoms with Crippen LogP contribution in [0.2, 0.25) is 0 Å². The molecule has 5 nitrogen and oxygen atoms in total. The molecule has 1 atom stereocenters. The predicted octanol–water partition coefficient (Wildman–Crippen LogP) is 3.08. The second-order valence-electron chi connectivity index (χ2n) is 4.50. The smallest absolute Gasteiger partial charge is 0.173 e. The first-order valence-electron chi connectivity index (χ1n) is 6.34. The number of benzene rings is 1. The van der Waals surface area contributed by atoms with Crippen molar-refractivity contribution in [3.8, 4) is 16.5 Å². The van der Waals surface area contributed by atoms with E-state index in [2.05, 4.69) is 20.3 Å². The van der Waals surface area contributed by atoms with Gasteiger partial charge in [-0.3, -0.25) is 0 Å². The van der Waals surface area contributed by atoms with Crippen LogP contribution >= 0.6 is 11.3 Å². The number of ether oxygens (including phenoxy) is 1. The lowest BCUT2D eigenvalue weighted by Gasteiger charge is -2.25. The van der Waals surface area contributed by atoms with E-state index in [1.165, 1.54) is 0 Å². The first-order valence-corrected chi connectivity index (χ1v) is 7.22. The zero-order chi connectivity index (χ0) is 13.4. The summed E-state index contributed by atoms with van der Waals surface area (Å²) in [5.41, 5.74) is 1.95. The Morgan fingerprint density at radius 3 is 3.10 bits per heavy atom. The van der Waals surface area contributed by atoms with E-state index in [0.717, 1.165) is 28.0 Å². The van der Waals surface area contributed by atoms with Crippen LogP contribution in [0.4, 0.5) is 5.69 Å². The minimum atomic E-state index is -0.112. The van der Waals surface area contributed by atoms with Crippen molar-refractivity contribution in [2.24, 2.45) is 0 Å². The number of aromatic nitrogens is 3. The predicted molar refractivity (Wildman–Crippen MR) is 78.0 cm³/mol.